The molecule has 0 amide bonds. The summed E-state index contributed by atoms with van der Waals surface area (Å²) in [6.07, 6.45) is 2.60. The van der Waals surface area contributed by atoms with E-state index < -0.39 is 30.9 Å². The van der Waals surface area contributed by atoms with Crippen molar-refractivity contribution in [2.45, 2.75) is 41.7 Å². The van der Waals surface area contributed by atoms with Gasteiger partial charge in [0.15, 0.2) is 15.5 Å². The van der Waals surface area contributed by atoms with Gasteiger partial charge in [0.05, 0.1) is 15.0 Å². The maximum absolute atomic E-state index is 14.9. The lowest BCUT2D eigenvalue weighted by atomic mass is 10.0. The van der Waals surface area contributed by atoms with Gasteiger partial charge in [0.2, 0.25) is 0 Å². The van der Waals surface area contributed by atoms with Crippen LogP contribution in [-0.2, 0) is 19.9 Å². The zero-order chi connectivity index (χ0) is 23.5. The minimum Gasteiger partial charge on any atom is -0.234 e. The summed E-state index contributed by atoms with van der Waals surface area (Å²) in [7, 11) is -7.45. The molecule has 9 heteroatoms. The largest absolute Gasteiger partial charge is 0.269 e. The second-order valence-corrected chi connectivity index (χ2v) is 12.4. The highest BCUT2D eigenvalue weighted by atomic mass is 32.2. The predicted molar refractivity (Wildman–Crippen MR) is 124 cm³/mol. The molecule has 4 aromatic rings. The van der Waals surface area contributed by atoms with Crippen LogP contribution in [0.15, 0.2) is 70.6 Å². The highest BCUT2D eigenvalue weighted by Crippen LogP contribution is 2.37. The van der Waals surface area contributed by atoms with Gasteiger partial charge in [0, 0.05) is 22.8 Å². The zero-order valence-electron chi connectivity index (χ0n) is 18.0. The SMILES string of the molecule is Cc1ccc(S(=O)(=O)n2ccc3c(-c4cc(S(=O)(=O)C5CC5)ccc4F)cc(C)nc32)cc1. The molecule has 2 aromatic carbocycles. The van der Waals surface area contributed by atoms with E-state index in [2.05, 4.69) is 4.98 Å². The van der Waals surface area contributed by atoms with Crippen LogP contribution in [-0.4, -0.2) is 31.0 Å². The lowest BCUT2D eigenvalue weighted by molar-refractivity contribution is 0.588. The van der Waals surface area contributed by atoms with Gasteiger partial charge in [0.25, 0.3) is 10.0 Å². The van der Waals surface area contributed by atoms with Crippen LogP contribution in [0.1, 0.15) is 24.1 Å². The molecule has 0 aliphatic heterocycles. The third-order valence-corrected chi connectivity index (χ3v) is 9.79. The van der Waals surface area contributed by atoms with Crippen LogP contribution in [0.2, 0.25) is 0 Å². The molecule has 0 saturated heterocycles. The maximum atomic E-state index is 14.9. The van der Waals surface area contributed by atoms with Gasteiger partial charge in [-0.05, 0) is 74.7 Å². The van der Waals surface area contributed by atoms with E-state index in [1.165, 1.54) is 30.5 Å². The number of rotatable bonds is 5. The maximum Gasteiger partial charge on any atom is 0.269 e. The number of nitrogens with zero attached hydrogens (tertiary/aromatic N) is 2. The number of pyridine rings is 1. The molecule has 5 rings (SSSR count). The van der Waals surface area contributed by atoms with Crippen molar-refractivity contribution >= 4 is 30.9 Å². The van der Waals surface area contributed by atoms with Gasteiger partial charge in [-0.2, -0.15) is 0 Å². The average molecular weight is 485 g/mol. The third-order valence-electron chi connectivity index (χ3n) is 5.85. The molecular weight excluding hydrogens is 463 g/mol. The average Bonchev–Trinajstić information content (AvgIpc) is 3.54. The summed E-state index contributed by atoms with van der Waals surface area (Å²) in [4.78, 5) is 4.59. The van der Waals surface area contributed by atoms with Crippen molar-refractivity contribution in [2.75, 3.05) is 0 Å². The van der Waals surface area contributed by atoms with Crippen LogP contribution in [0.4, 0.5) is 4.39 Å². The first kappa shape index (κ1) is 21.8. The Morgan fingerprint density at radius 3 is 2.21 bits per heavy atom. The summed E-state index contributed by atoms with van der Waals surface area (Å²) >= 11 is 0. The van der Waals surface area contributed by atoms with Gasteiger partial charge in [-0.25, -0.2) is 30.2 Å². The van der Waals surface area contributed by atoms with Gasteiger partial charge in [0.1, 0.15) is 5.82 Å². The van der Waals surface area contributed by atoms with E-state index >= 15 is 0 Å². The van der Waals surface area contributed by atoms with Gasteiger partial charge in [-0.1, -0.05) is 17.7 Å². The molecule has 33 heavy (non-hydrogen) atoms. The van der Waals surface area contributed by atoms with Gasteiger partial charge in [-0.15, -0.1) is 0 Å². The Bertz CT molecular complexity index is 1620. The van der Waals surface area contributed by atoms with Crippen LogP contribution >= 0.6 is 0 Å². The van der Waals surface area contributed by atoms with E-state index in [-0.39, 0.29) is 21.0 Å². The van der Waals surface area contributed by atoms with Crippen molar-refractivity contribution in [1.29, 1.82) is 0 Å². The molecule has 0 N–H and O–H groups in total. The molecule has 6 nitrogen and oxygen atoms in total. The first-order valence-electron chi connectivity index (χ1n) is 10.4. The fourth-order valence-electron chi connectivity index (χ4n) is 3.91. The van der Waals surface area contributed by atoms with Crippen molar-refractivity contribution in [2.24, 2.45) is 0 Å². The van der Waals surface area contributed by atoms with Gasteiger partial charge < -0.3 is 0 Å². The minimum absolute atomic E-state index is 0.0655. The normalized spacial score (nSPS) is 14.6. The number of aryl methyl sites for hydroxylation is 2. The molecule has 2 heterocycles. The van der Waals surface area contributed by atoms with Crippen LogP contribution < -0.4 is 0 Å². The quantitative estimate of drug-likeness (QED) is 0.386. The lowest BCUT2D eigenvalue weighted by Gasteiger charge is -2.11. The Balaban J connectivity index is 1.71. The van der Waals surface area contributed by atoms with E-state index in [9.17, 15) is 21.2 Å². The first-order valence-corrected chi connectivity index (χ1v) is 13.4. The standard InChI is InChI=1S/C24H21FN2O4S2/c1-15-3-5-18(6-4-15)33(30,31)27-12-11-20-21(13-16(2)26-24(20)27)22-14-19(9-10-23(22)25)32(28,29)17-7-8-17/h3-6,9-14,17H,7-8H2,1-2H3. The van der Waals surface area contributed by atoms with Gasteiger partial charge in [-0.3, -0.25) is 0 Å². The number of halogens is 1. The number of hydrogen-bond donors (Lipinski definition) is 0. The summed E-state index contributed by atoms with van der Waals surface area (Å²) in [6.45, 7) is 3.55. The molecule has 1 aliphatic carbocycles. The second-order valence-electron chi connectivity index (χ2n) is 8.36. The van der Waals surface area contributed by atoms with Crippen molar-refractivity contribution < 1.29 is 21.2 Å². The predicted octanol–water partition coefficient (Wildman–Crippen LogP) is 4.63. The highest BCUT2D eigenvalue weighted by molar-refractivity contribution is 7.92. The zero-order valence-corrected chi connectivity index (χ0v) is 19.6. The van der Waals surface area contributed by atoms with Crippen molar-refractivity contribution in [3.8, 4) is 11.1 Å². The molecule has 1 aliphatic rings. The molecule has 2 aromatic heterocycles. The Labute approximate surface area is 191 Å². The second kappa shape index (κ2) is 7.50. The molecule has 0 bridgehead atoms. The van der Waals surface area contributed by atoms with Crippen LogP contribution in [0, 0.1) is 19.7 Å². The van der Waals surface area contributed by atoms with Crippen LogP contribution in [0.3, 0.4) is 0 Å². The summed E-state index contributed by atoms with van der Waals surface area (Å²) < 4.78 is 68.0. The molecule has 1 saturated carbocycles. The molecule has 0 unspecified atom stereocenters. The minimum atomic E-state index is -3.93. The van der Waals surface area contributed by atoms with E-state index in [1.54, 1.807) is 31.2 Å². The Morgan fingerprint density at radius 2 is 1.55 bits per heavy atom. The van der Waals surface area contributed by atoms with E-state index in [0.29, 0.717) is 29.5 Å². The smallest absolute Gasteiger partial charge is 0.234 e. The Kier molecular flexibility index (Phi) is 4.95. The van der Waals surface area contributed by atoms with Crippen molar-refractivity contribution in [3.63, 3.8) is 0 Å². The molecule has 1 fully saturated rings. The summed E-state index contributed by atoms with van der Waals surface area (Å²) in [5, 5.41) is -0.00750. The Hall–Kier alpha value is -3.04. The lowest BCUT2D eigenvalue weighted by Crippen LogP contribution is -2.12. The molecule has 170 valence electrons. The highest BCUT2D eigenvalue weighted by Gasteiger charge is 2.37. The van der Waals surface area contributed by atoms with Crippen molar-refractivity contribution in [1.82, 2.24) is 8.96 Å². The number of sulfone groups is 1. The van der Waals surface area contributed by atoms with Gasteiger partial charge >= 0.3 is 0 Å². The van der Waals surface area contributed by atoms with E-state index in [1.807, 2.05) is 6.92 Å². The monoisotopic (exact) mass is 484 g/mol. The Morgan fingerprint density at radius 1 is 0.879 bits per heavy atom. The summed E-state index contributed by atoms with van der Waals surface area (Å²) in [5.41, 5.74) is 2.05. The van der Waals surface area contributed by atoms with Crippen LogP contribution in [0.5, 0.6) is 0 Å². The number of fused-ring (bicyclic) bond motifs is 1. The molecular formula is C24H21FN2O4S2. The van der Waals surface area contributed by atoms with E-state index in [4.69, 9.17) is 0 Å². The molecule has 0 radical (unpaired) electrons. The first-order chi connectivity index (χ1) is 15.6. The molecule has 0 atom stereocenters. The van der Waals surface area contributed by atoms with E-state index in [0.717, 1.165) is 15.6 Å². The summed E-state index contributed by atoms with van der Waals surface area (Å²) in [6, 6.07) is 13.4. The third kappa shape index (κ3) is 3.65. The van der Waals surface area contributed by atoms with Crippen molar-refractivity contribution in [3.05, 3.63) is 77.9 Å². The summed E-state index contributed by atoms with van der Waals surface area (Å²) in [5.74, 6) is -0.592. The number of benzene rings is 2. The molecule has 0 spiro atoms. The fourth-order valence-corrected chi connectivity index (χ4v) is 6.89. The fraction of sp³-hybridized carbons (Fsp3) is 0.208. The topological polar surface area (TPSA) is 86.1 Å². The number of hydrogen-bond acceptors (Lipinski definition) is 5. The number of aromatic nitrogens is 2. The van der Waals surface area contributed by atoms with Crippen LogP contribution in [0.25, 0.3) is 22.2 Å².